The molecule has 18 heavy (non-hydrogen) atoms. The molecule has 0 amide bonds. The molecule has 0 fully saturated rings. The molecule has 4 heteroatoms. The zero-order chi connectivity index (χ0) is 13.0. The number of guanidine groups is 1. The quantitative estimate of drug-likeness (QED) is 0.326. The maximum Gasteiger partial charge on any atom is 0.205 e. The number of nitrogens with two attached hydrogens (primary N) is 1. The largest absolute Gasteiger partial charge is 0.355 e. The highest BCUT2D eigenvalue weighted by Gasteiger charge is 2.25. The monoisotopic (exact) mass is 246 g/mol. The number of nitrogens with zero attached hydrogens (tertiary/aromatic N) is 1. The van der Waals surface area contributed by atoms with E-state index >= 15 is 0 Å². The van der Waals surface area contributed by atoms with E-state index in [-0.39, 0.29) is 0 Å². The standard InChI is InChI=1S/C14H22N4/c1-10(2)8-16-14(18-15)17-9-12-7-11-5-3-4-6-13(11)12/h3-6,10,12H,7-9,15H2,1-2H3,(H2,16,17,18). The number of hydrazine groups is 1. The summed E-state index contributed by atoms with van der Waals surface area (Å²) in [5, 5.41) is 3.28. The van der Waals surface area contributed by atoms with Gasteiger partial charge in [0, 0.05) is 19.0 Å². The number of nitrogens with one attached hydrogen (secondary N) is 2. The summed E-state index contributed by atoms with van der Waals surface area (Å²) in [6.45, 7) is 5.95. The van der Waals surface area contributed by atoms with Crippen molar-refractivity contribution < 1.29 is 0 Å². The molecule has 0 saturated heterocycles. The van der Waals surface area contributed by atoms with Crippen LogP contribution in [0, 0.1) is 5.92 Å². The molecule has 0 saturated carbocycles. The number of aliphatic imine (C=N–C) groups is 1. The fourth-order valence-electron chi connectivity index (χ4n) is 2.19. The van der Waals surface area contributed by atoms with Gasteiger partial charge in [0.25, 0.3) is 0 Å². The van der Waals surface area contributed by atoms with Crippen LogP contribution < -0.4 is 16.6 Å². The van der Waals surface area contributed by atoms with Crippen molar-refractivity contribution in [3.8, 4) is 0 Å². The van der Waals surface area contributed by atoms with E-state index in [0.717, 1.165) is 19.5 Å². The van der Waals surface area contributed by atoms with Gasteiger partial charge in [-0.3, -0.25) is 10.4 Å². The molecule has 0 aliphatic heterocycles. The first-order valence-corrected chi connectivity index (χ1v) is 6.53. The van der Waals surface area contributed by atoms with E-state index in [1.54, 1.807) is 0 Å². The first-order chi connectivity index (χ1) is 8.70. The van der Waals surface area contributed by atoms with Crippen LogP contribution in [-0.2, 0) is 6.42 Å². The second-order valence-electron chi connectivity index (χ2n) is 5.21. The summed E-state index contributed by atoms with van der Waals surface area (Å²) in [6.07, 6.45) is 1.14. The fraction of sp³-hybridized carbons (Fsp3) is 0.500. The lowest BCUT2D eigenvalue weighted by Crippen LogP contribution is -2.44. The van der Waals surface area contributed by atoms with E-state index in [0.29, 0.717) is 17.8 Å². The van der Waals surface area contributed by atoms with Crippen molar-refractivity contribution in [1.29, 1.82) is 0 Å². The van der Waals surface area contributed by atoms with Crippen LogP contribution in [0.2, 0.25) is 0 Å². The van der Waals surface area contributed by atoms with Gasteiger partial charge in [-0.1, -0.05) is 38.1 Å². The molecular weight excluding hydrogens is 224 g/mol. The van der Waals surface area contributed by atoms with E-state index in [1.807, 2.05) is 0 Å². The van der Waals surface area contributed by atoms with Gasteiger partial charge in [0.1, 0.15) is 0 Å². The fourth-order valence-corrected chi connectivity index (χ4v) is 2.19. The Hall–Kier alpha value is -1.55. The molecule has 0 spiro atoms. The molecule has 0 heterocycles. The summed E-state index contributed by atoms with van der Waals surface area (Å²) in [5.41, 5.74) is 5.54. The van der Waals surface area contributed by atoms with Crippen LogP contribution in [0.25, 0.3) is 0 Å². The minimum absolute atomic E-state index is 0.541. The number of hydrogen-bond acceptors (Lipinski definition) is 2. The van der Waals surface area contributed by atoms with Gasteiger partial charge in [-0.2, -0.15) is 0 Å². The predicted octanol–water partition coefficient (Wildman–Crippen LogP) is 1.39. The topological polar surface area (TPSA) is 62.4 Å². The lowest BCUT2D eigenvalue weighted by molar-refractivity contribution is 0.581. The maximum atomic E-state index is 5.46. The van der Waals surface area contributed by atoms with Gasteiger partial charge < -0.3 is 5.32 Å². The molecule has 1 aliphatic carbocycles. The molecule has 4 N–H and O–H groups in total. The van der Waals surface area contributed by atoms with Crippen LogP contribution in [0.4, 0.5) is 0 Å². The summed E-state index contributed by atoms with van der Waals surface area (Å²) in [5.74, 6) is 7.27. The minimum Gasteiger partial charge on any atom is -0.355 e. The van der Waals surface area contributed by atoms with Crippen LogP contribution >= 0.6 is 0 Å². The van der Waals surface area contributed by atoms with Crippen LogP contribution in [0.3, 0.4) is 0 Å². The summed E-state index contributed by atoms with van der Waals surface area (Å²) in [6, 6.07) is 8.59. The normalized spacial score (nSPS) is 18.2. The van der Waals surface area contributed by atoms with E-state index in [4.69, 9.17) is 5.84 Å². The van der Waals surface area contributed by atoms with Gasteiger partial charge >= 0.3 is 0 Å². The zero-order valence-electron chi connectivity index (χ0n) is 11.1. The molecule has 1 aromatic rings. The highest BCUT2D eigenvalue weighted by molar-refractivity contribution is 5.79. The Morgan fingerprint density at radius 3 is 2.89 bits per heavy atom. The van der Waals surface area contributed by atoms with Crippen molar-refractivity contribution >= 4 is 5.96 Å². The van der Waals surface area contributed by atoms with Crippen LogP contribution in [0.15, 0.2) is 29.3 Å². The number of fused-ring (bicyclic) bond motifs is 1. The molecule has 2 rings (SSSR count). The molecule has 1 atom stereocenters. The molecule has 1 unspecified atom stereocenters. The molecule has 4 nitrogen and oxygen atoms in total. The Balaban J connectivity index is 1.84. The molecule has 1 aliphatic rings. The molecule has 0 bridgehead atoms. The number of rotatable bonds is 4. The third-order valence-corrected chi connectivity index (χ3v) is 3.23. The Morgan fingerprint density at radius 2 is 2.22 bits per heavy atom. The molecular formula is C14H22N4. The second kappa shape index (κ2) is 5.87. The highest BCUT2D eigenvalue weighted by Crippen LogP contribution is 2.33. The smallest absolute Gasteiger partial charge is 0.205 e. The van der Waals surface area contributed by atoms with Crippen molar-refractivity contribution in [3.05, 3.63) is 35.4 Å². The van der Waals surface area contributed by atoms with E-state index in [2.05, 4.69) is 53.8 Å². The molecule has 1 aromatic carbocycles. The average molecular weight is 246 g/mol. The summed E-state index contributed by atoms with van der Waals surface area (Å²) >= 11 is 0. The van der Waals surface area contributed by atoms with Crippen molar-refractivity contribution in [2.45, 2.75) is 26.2 Å². The van der Waals surface area contributed by atoms with Crippen molar-refractivity contribution in [3.63, 3.8) is 0 Å². The van der Waals surface area contributed by atoms with Gasteiger partial charge in [0.15, 0.2) is 0 Å². The van der Waals surface area contributed by atoms with Gasteiger partial charge in [0.05, 0.1) is 0 Å². The average Bonchev–Trinajstić information content (AvgIpc) is 2.34. The third-order valence-electron chi connectivity index (χ3n) is 3.23. The van der Waals surface area contributed by atoms with Crippen LogP contribution in [-0.4, -0.2) is 19.0 Å². The van der Waals surface area contributed by atoms with Crippen molar-refractivity contribution in [2.24, 2.45) is 16.8 Å². The Labute approximate surface area is 109 Å². The number of benzene rings is 1. The summed E-state index contributed by atoms with van der Waals surface area (Å²) in [4.78, 5) is 4.40. The van der Waals surface area contributed by atoms with Gasteiger partial charge in [-0.05, 0) is 23.5 Å². The van der Waals surface area contributed by atoms with E-state index in [1.165, 1.54) is 11.1 Å². The van der Waals surface area contributed by atoms with Crippen LogP contribution in [0.1, 0.15) is 30.9 Å². The predicted molar refractivity (Wildman–Crippen MR) is 75.4 cm³/mol. The molecule has 98 valence electrons. The lowest BCUT2D eigenvalue weighted by Gasteiger charge is -2.30. The van der Waals surface area contributed by atoms with Gasteiger partial charge in [0.2, 0.25) is 5.96 Å². The summed E-state index contributed by atoms with van der Waals surface area (Å²) < 4.78 is 0. The van der Waals surface area contributed by atoms with E-state index in [9.17, 15) is 0 Å². The van der Waals surface area contributed by atoms with Gasteiger partial charge in [-0.15, -0.1) is 0 Å². The van der Waals surface area contributed by atoms with E-state index < -0.39 is 0 Å². The SMILES string of the molecule is CC(C)CN=C(NN)NCC1Cc2ccccc21. The molecule has 0 aromatic heterocycles. The highest BCUT2D eigenvalue weighted by atomic mass is 15.3. The van der Waals surface area contributed by atoms with Crippen LogP contribution in [0.5, 0.6) is 0 Å². The first-order valence-electron chi connectivity index (χ1n) is 6.53. The van der Waals surface area contributed by atoms with Crippen molar-refractivity contribution in [1.82, 2.24) is 10.7 Å². The maximum absolute atomic E-state index is 5.46. The Bertz CT molecular complexity index is 426. The second-order valence-corrected chi connectivity index (χ2v) is 5.21. The van der Waals surface area contributed by atoms with Crippen molar-refractivity contribution in [2.75, 3.05) is 13.1 Å². The minimum atomic E-state index is 0.541. The third kappa shape index (κ3) is 3.01. The zero-order valence-corrected chi connectivity index (χ0v) is 11.1. The lowest BCUT2D eigenvalue weighted by atomic mass is 9.78. The first kappa shape index (κ1) is 12.9. The Morgan fingerprint density at radius 1 is 1.44 bits per heavy atom. The number of hydrogen-bond donors (Lipinski definition) is 3. The van der Waals surface area contributed by atoms with Gasteiger partial charge in [-0.25, -0.2) is 5.84 Å². The Kier molecular flexibility index (Phi) is 4.20. The summed E-state index contributed by atoms with van der Waals surface area (Å²) in [7, 11) is 0. The molecule has 0 radical (unpaired) electrons.